The van der Waals surface area contributed by atoms with Gasteiger partial charge in [-0.15, -0.1) is 0 Å². The number of amides is 1. The minimum Gasteiger partial charge on any atom is -0.351 e. The van der Waals surface area contributed by atoms with Gasteiger partial charge in [0, 0.05) is 17.4 Å². The summed E-state index contributed by atoms with van der Waals surface area (Å²) >= 11 is 3.44. The molecule has 1 amide bonds. The molecule has 0 unspecified atom stereocenters. The van der Waals surface area contributed by atoms with Crippen molar-refractivity contribution in [3.05, 3.63) is 35.4 Å². The van der Waals surface area contributed by atoms with E-state index >= 15 is 0 Å². The molecule has 0 aromatic heterocycles. The number of hydrogen-bond donors (Lipinski definition) is 1. The van der Waals surface area contributed by atoms with Crippen molar-refractivity contribution < 1.29 is 4.79 Å². The highest BCUT2D eigenvalue weighted by atomic mass is 79.9. The van der Waals surface area contributed by atoms with Crippen molar-refractivity contribution in [3.8, 4) is 0 Å². The Bertz CT molecular complexity index is 374. The van der Waals surface area contributed by atoms with Crippen LogP contribution < -0.4 is 5.32 Å². The summed E-state index contributed by atoms with van der Waals surface area (Å²) in [5.74, 6) is -0.00211. The fourth-order valence-corrected chi connectivity index (χ4v) is 1.45. The first-order valence-corrected chi connectivity index (χ1v) is 6.47. The second-order valence-corrected chi connectivity index (χ2v) is 5.41. The third-order valence-electron chi connectivity index (χ3n) is 2.37. The van der Waals surface area contributed by atoms with Crippen molar-refractivity contribution in [2.24, 2.45) is 5.41 Å². The van der Waals surface area contributed by atoms with Gasteiger partial charge in [-0.25, -0.2) is 0 Å². The predicted octanol–water partition coefficient (Wildman–Crippen LogP) is 3.15. The van der Waals surface area contributed by atoms with Crippen LogP contribution in [0, 0.1) is 12.3 Å². The van der Waals surface area contributed by atoms with E-state index in [1.165, 1.54) is 0 Å². The molecule has 0 aliphatic rings. The second-order valence-electron chi connectivity index (χ2n) is 4.85. The molecule has 3 heteroatoms. The number of nitrogens with one attached hydrogen (secondary N) is 1. The zero-order chi connectivity index (χ0) is 12.2. The summed E-state index contributed by atoms with van der Waals surface area (Å²) in [5.41, 5.74) is 1.91. The summed E-state index contributed by atoms with van der Waals surface area (Å²) in [7, 11) is 0. The molecule has 0 fully saturated rings. The maximum absolute atomic E-state index is 11.8. The zero-order valence-corrected chi connectivity index (χ0v) is 11.6. The van der Waals surface area contributed by atoms with Crippen molar-refractivity contribution in [2.75, 3.05) is 11.9 Å². The van der Waals surface area contributed by atoms with Crippen LogP contribution in [0.4, 0.5) is 0 Å². The fourth-order valence-electron chi connectivity index (χ4n) is 1.26. The highest BCUT2D eigenvalue weighted by Gasteiger charge is 2.17. The van der Waals surface area contributed by atoms with Crippen molar-refractivity contribution in [1.82, 2.24) is 5.32 Å². The molecule has 16 heavy (non-hydrogen) atoms. The molecule has 1 rings (SSSR count). The Balaban J connectivity index is 2.60. The average Bonchev–Trinajstić information content (AvgIpc) is 2.26. The Labute approximate surface area is 106 Å². The van der Waals surface area contributed by atoms with Crippen LogP contribution in [0.5, 0.6) is 0 Å². The van der Waals surface area contributed by atoms with Gasteiger partial charge >= 0.3 is 0 Å². The molecule has 0 heterocycles. The van der Waals surface area contributed by atoms with E-state index < -0.39 is 0 Å². The number of rotatable bonds is 4. The first-order chi connectivity index (χ1) is 7.44. The molecule has 0 aliphatic carbocycles. The molecular weight excluding hydrogens is 266 g/mol. The molecule has 88 valence electrons. The van der Waals surface area contributed by atoms with Gasteiger partial charge in [0.25, 0.3) is 5.91 Å². The van der Waals surface area contributed by atoms with Crippen molar-refractivity contribution in [3.63, 3.8) is 0 Å². The SMILES string of the molecule is Cc1cccc(C(=O)NCC(C)(C)CBr)c1. The average molecular weight is 284 g/mol. The van der Waals surface area contributed by atoms with Crippen molar-refractivity contribution in [1.29, 1.82) is 0 Å². The van der Waals surface area contributed by atoms with E-state index in [1.54, 1.807) is 0 Å². The number of benzene rings is 1. The summed E-state index contributed by atoms with van der Waals surface area (Å²) in [5, 5.41) is 3.82. The van der Waals surface area contributed by atoms with Gasteiger partial charge in [-0.05, 0) is 24.5 Å². The van der Waals surface area contributed by atoms with Gasteiger partial charge in [0.05, 0.1) is 0 Å². The second kappa shape index (κ2) is 5.48. The summed E-state index contributed by atoms with van der Waals surface area (Å²) in [6.07, 6.45) is 0. The Morgan fingerprint density at radius 1 is 1.44 bits per heavy atom. The molecule has 0 saturated heterocycles. The van der Waals surface area contributed by atoms with Gasteiger partial charge in [0.2, 0.25) is 0 Å². The standard InChI is InChI=1S/C13H18BrNO/c1-10-5-4-6-11(7-10)12(16)15-9-13(2,3)8-14/h4-7H,8-9H2,1-3H3,(H,15,16). The Kier molecular flexibility index (Phi) is 4.54. The number of hydrogen-bond acceptors (Lipinski definition) is 1. The van der Waals surface area contributed by atoms with Crippen LogP contribution in [0.2, 0.25) is 0 Å². The maximum Gasteiger partial charge on any atom is 0.251 e. The van der Waals surface area contributed by atoms with Gasteiger partial charge in [-0.1, -0.05) is 47.5 Å². The summed E-state index contributed by atoms with van der Waals surface area (Å²) < 4.78 is 0. The number of carbonyl (C=O) groups excluding carboxylic acids is 1. The lowest BCUT2D eigenvalue weighted by Gasteiger charge is -2.21. The molecule has 0 saturated carbocycles. The zero-order valence-electron chi connectivity index (χ0n) is 10.0. The Hall–Kier alpha value is -0.830. The largest absolute Gasteiger partial charge is 0.351 e. The Morgan fingerprint density at radius 3 is 2.69 bits per heavy atom. The molecule has 0 aliphatic heterocycles. The quantitative estimate of drug-likeness (QED) is 0.845. The summed E-state index contributed by atoms with van der Waals surface area (Å²) in [4.78, 5) is 11.8. The van der Waals surface area contributed by atoms with E-state index in [9.17, 15) is 4.79 Å². The van der Waals surface area contributed by atoms with E-state index in [0.717, 1.165) is 16.5 Å². The number of aryl methyl sites for hydroxylation is 1. The van der Waals surface area contributed by atoms with Crippen LogP contribution >= 0.6 is 15.9 Å². The summed E-state index contributed by atoms with van der Waals surface area (Å²) in [6, 6.07) is 7.62. The van der Waals surface area contributed by atoms with Crippen LogP contribution in [0.3, 0.4) is 0 Å². The molecule has 2 nitrogen and oxygen atoms in total. The first-order valence-electron chi connectivity index (χ1n) is 5.35. The molecule has 0 spiro atoms. The molecule has 1 aromatic carbocycles. The molecule has 0 atom stereocenters. The number of carbonyl (C=O) groups is 1. The third-order valence-corrected chi connectivity index (χ3v) is 3.89. The van der Waals surface area contributed by atoms with Gasteiger partial charge in [-0.2, -0.15) is 0 Å². The van der Waals surface area contributed by atoms with E-state index in [-0.39, 0.29) is 11.3 Å². The fraction of sp³-hybridized carbons (Fsp3) is 0.462. The predicted molar refractivity (Wildman–Crippen MR) is 71.1 cm³/mol. The minimum atomic E-state index is -0.00211. The van der Waals surface area contributed by atoms with Crippen molar-refractivity contribution >= 4 is 21.8 Å². The lowest BCUT2D eigenvalue weighted by molar-refractivity contribution is 0.0940. The van der Waals surface area contributed by atoms with Crippen LogP contribution in [-0.4, -0.2) is 17.8 Å². The topological polar surface area (TPSA) is 29.1 Å². The van der Waals surface area contributed by atoms with Gasteiger partial charge in [0.15, 0.2) is 0 Å². The normalized spacial score (nSPS) is 11.2. The van der Waals surface area contributed by atoms with Gasteiger partial charge in [-0.3, -0.25) is 4.79 Å². The van der Waals surface area contributed by atoms with Crippen LogP contribution in [0.15, 0.2) is 24.3 Å². The van der Waals surface area contributed by atoms with E-state index in [0.29, 0.717) is 6.54 Å². The lowest BCUT2D eigenvalue weighted by Crippen LogP contribution is -2.34. The first kappa shape index (κ1) is 13.2. The highest BCUT2D eigenvalue weighted by molar-refractivity contribution is 9.09. The van der Waals surface area contributed by atoms with E-state index in [2.05, 4.69) is 35.1 Å². The van der Waals surface area contributed by atoms with Gasteiger partial charge in [0.1, 0.15) is 0 Å². The highest BCUT2D eigenvalue weighted by Crippen LogP contribution is 2.16. The molecule has 1 N–H and O–H groups in total. The number of alkyl halides is 1. The maximum atomic E-state index is 11.8. The van der Waals surface area contributed by atoms with Crippen molar-refractivity contribution in [2.45, 2.75) is 20.8 Å². The Morgan fingerprint density at radius 2 is 2.12 bits per heavy atom. The van der Waals surface area contributed by atoms with Crippen LogP contribution in [0.25, 0.3) is 0 Å². The molecule has 0 radical (unpaired) electrons. The molecule has 1 aromatic rings. The van der Waals surface area contributed by atoms with E-state index in [4.69, 9.17) is 0 Å². The van der Waals surface area contributed by atoms with Crippen LogP contribution in [0.1, 0.15) is 29.8 Å². The van der Waals surface area contributed by atoms with Crippen LogP contribution in [-0.2, 0) is 0 Å². The van der Waals surface area contributed by atoms with Gasteiger partial charge < -0.3 is 5.32 Å². The number of halogens is 1. The third kappa shape index (κ3) is 3.97. The lowest BCUT2D eigenvalue weighted by atomic mass is 9.96. The molecular formula is C13H18BrNO. The monoisotopic (exact) mass is 283 g/mol. The summed E-state index contributed by atoms with van der Waals surface area (Å²) in [6.45, 7) is 6.88. The molecule has 0 bridgehead atoms. The smallest absolute Gasteiger partial charge is 0.251 e. The minimum absolute atomic E-state index is 0.00211. The van der Waals surface area contributed by atoms with E-state index in [1.807, 2.05) is 31.2 Å².